The predicted molar refractivity (Wildman–Crippen MR) is 81.8 cm³/mol. The summed E-state index contributed by atoms with van der Waals surface area (Å²) < 4.78 is 27.3. The minimum Gasteiger partial charge on any atom is -0.466 e. The predicted octanol–water partition coefficient (Wildman–Crippen LogP) is 1.53. The molecule has 6 nitrogen and oxygen atoms in total. The summed E-state index contributed by atoms with van der Waals surface area (Å²) in [6.45, 7) is 2.62. The van der Waals surface area contributed by atoms with Crippen molar-refractivity contribution in [1.82, 2.24) is 4.90 Å². The minimum atomic E-state index is -3.58. The molecule has 2 fully saturated rings. The summed E-state index contributed by atoms with van der Waals surface area (Å²) in [6.07, 6.45) is 3.19. The summed E-state index contributed by atoms with van der Waals surface area (Å²) in [4.78, 5) is 25.6. The van der Waals surface area contributed by atoms with Gasteiger partial charge in [-0.3, -0.25) is 9.59 Å². The maximum Gasteiger partial charge on any atom is 0.308 e. The zero-order valence-electron chi connectivity index (χ0n) is 12.7. The molecule has 8 heteroatoms. The van der Waals surface area contributed by atoms with Crippen molar-refractivity contribution in [2.24, 2.45) is 11.8 Å². The van der Waals surface area contributed by atoms with Crippen LogP contribution in [0.15, 0.2) is 0 Å². The van der Waals surface area contributed by atoms with Gasteiger partial charge in [-0.05, 0) is 32.6 Å². The van der Waals surface area contributed by atoms with E-state index in [1.54, 1.807) is 11.8 Å². The summed E-state index contributed by atoms with van der Waals surface area (Å²) in [5, 5.41) is 0. The molecule has 1 amide bonds. The van der Waals surface area contributed by atoms with Crippen molar-refractivity contribution < 1.29 is 22.7 Å². The van der Waals surface area contributed by atoms with Gasteiger partial charge in [0.05, 0.1) is 18.3 Å². The summed E-state index contributed by atoms with van der Waals surface area (Å²) in [5.41, 5.74) is 0. The van der Waals surface area contributed by atoms with Crippen LogP contribution in [0.1, 0.15) is 39.0 Å². The highest BCUT2D eigenvalue weighted by Crippen LogP contribution is 2.32. The lowest BCUT2D eigenvalue weighted by atomic mass is 9.85. The van der Waals surface area contributed by atoms with E-state index in [0.29, 0.717) is 26.0 Å². The third kappa shape index (κ3) is 4.59. The Labute approximate surface area is 135 Å². The standard InChI is InChI=1S/C14H22ClNO5S/c1-2-21-14(18)11-3-5-12(6-4-11)16-8-10(7-13(16)17)9-22(15,19)20/h10-12H,2-9H2,1H3. The summed E-state index contributed by atoms with van der Waals surface area (Å²) >= 11 is 0. The lowest BCUT2D eigenvalue weighted by molar-refractivity contribution is -0.149. The van der Waals surface area contributed by atoms with Crippen LogP contribution in [0.25, 0.3) is 0 Å². The fourth-order valence-electron chi connectivity index (χ4n) is 3.44. The number of carbonyl (C=O) groups excluding carboxylic acids is 2. The number of carbonyl (C=O) groups is 2. The topological polar surface area (TPSA) is 80.8 Å². The Morgan fingerprint density at radius 1 is 1.32 bits per heavy atom. The quantitative estimate of drug-likeness (QED) is 0.554. The van der Waals surface area contributed by atoms with Gasteiger partial charge >= 0.3 is 5.97 Å². The molecule has 1 heterocycles. The van der Waals surface area contributed by atoms with Gasteiger partial charge in [0.25, 0.3) is 0 Å². The fraction of sp³-hybridized carbons (Fsp3) is 0.857. The number of hydrogen-bond donors (Lipinski definition) is 0. The molecule has 2 rings (SSSR count). The first-order chi connectivity index (χ1) is 10.3. The van der Waals surface area contributed by atoms with E-state index in [1.807, 2.05) is 0 Å². The van der Waals surface area contributed by atoms with Gasteiger partial charge in [0.1, 0.15) is 0 Å². The summed E-state index contributed by atoms with van der Waals surface area (Å²) in [5.74, 6) is -0.620. The van der Waals surface area contributed by atoms with Crippen LogP contribution >= 0.6 is 10.7 Å². The van der Waals surface area contributed by atoms with E-state index in [1.165, 1.54) is 0 Å². The van der Waals surface area contributed by atoms with E-state index in [2.05, 4.69) is 0 Å². The Kier molecular flexibility index (Phi) is 5.71. The molecule has 1 saturated carbocycles. The number of likely N-dealkylation sites (tertiary alicyclic amines) is 1. The monoisotopic (exact) mass is 351 g/mol. The normalized spacial score (nSPS) is 29.6. The third-order valence-corrected chi connectivity index (χ3v) is 5.68. The van der Waals surface area contributed by atoms with E-state index in [4.69, 9.17) is 15.4 Å². The second-order valence-electron chi connectivity index (χ2n) is 6.08. The zero-order chi connectivity index (χ0) is 16.3. The molecular weight excluding hydrogens is 330 g/mol. The van der Waals surface area contributed by atoms with Gasteiger partial charge in [-0.15, -0.1) is 0 Å². The largest absolute Gasteiger partial charge is 0.466 e. The molecule has 1 atom stereocenters. The van der Waals surface area contributed by atoms with E-state index in [9.17, 15) is 18.0 Å². The zero-order valence-corrected chi connectivity index (χ0v) is 14.2. The molecule has 2 aliphatic rings. The molecule has 0 N–H and O–H groups in total. The van der Waals surface area contributed by atoms with Crippen LogP contribution in [0.3, 0.4) is 0 Å². The van der Waals surface area contributed by atoms with Crippen LogP contribution in [0.2, 0.25) is 0 Å². The van der Waals surface area contributed by atoms with E-state index < -0.39 is 9.05 Å². The van der Waals surface area contributed by atoms with Crippen molar-refractivity contribution in [1.29, 1.82) is 0 Å². The van der Waals surface area contributed by atoms with Crippen LogP contribution in [0.4, 0.5) is 0 Å². The van der Waals surface area contributed by atoms with Crippen LogP contribution in [-0.4, -0.2) is 50.1 Å². The smallest absolute Gasteiger partial charge is 0.308 e. The average Bonchev–Trinajstić information content (AvgIpc) is 2.77. The van der Waals surface area contributed by atoms with Crippen molar-refractivity contribution in [2.75, 3.05) is 18.9 Å². The molecule has 1 aliphatic heterocycles. The van der Waals surface area contributed by atoms with Crippen LogP contribution < -0.4 is 0 Å². The lowest BCUT2D eigenvalue weighted by Gasteiger charge is -2.34. The van der Waals surface area contributed by atoms with Crippen molar-refractivity contribution in [3.8, 4) is 0 Å². The van der Waals surface area contributed by atoms with Gasteiger partial charge in [0.15, 0.2) is 0 Å². The molecule has 1 unspecified atom stereocenters. The van der Waals surface area contributed by atoms with Crippen LogP contribution in [0, 0.1) is 11.8 Å². The lowest BCUT2D eigenvalue weighted by Crippen LogP contribution is -2.40. The molecule has 126 valence electrons. The number of amides is 1. The van der Waals surface area contributed by atoms with Crippen molar-refractivity contribution in [2.45, 2.75) is 45.1 Å². The first-order valence-corrected chi connectivity index (χ1v) is 10.2. The van der Waals surface area contributed by atoms with Crippen LogP contribution in [0.5, 0.6) is 0 Å². The highest BCUT2D eigenvalue weighted by molar-refractivity contribution is 8.13. The van der Waals surface area contributed by atoms with Gasteiger partial charge in [-0.25, -0.2) is 8.42 Å². The maximum atomic E-state index is 12.1. The van der Waals surface area contributed by atoms with Gasteiger partial charge < -0.3 is 9.64 Å². The number of hydrogen-bond acceptors (Lipinski definition) is 5. The molecule has 0 radical (unpaired) electrons. The van der Waals surface area contributed by atoms with Gasteiger partial charge in [-0.2, -0.15) is 0 Å². The number of ether oxygens (including phenoxy) is 1. The Hall–Kier alpha value is -0.820. The molecule has 0 spiro atoms. The Morgan fingerprint density at radius 3 is 2.50 bits per heavy atom. The average molecular weight is 352 g/mol. The second kappa shape index (κ2) is 7.17. The fourth-order valence-corrected chi connectivity index (χ4v) is 4.76. The molecule has 0 aromatic carbocycles. The van der Waals surface area contributed by atoms with Crippen molar-refractivity contribution >= 4 is 31.6 Å². The molecule has 22 heavy (non-hydrogen) atoms. The van der Waals surface area contributed by atoms with Crippen LogP contribution in [-0.2, 0) is 23.4 Å². The highest BCUT2D eigenvalue weighted by Gasteiger charge is 2.38. The Bertz CT molecular complexity index is 527. The molecule has 1 saturated heterocycles. The first kappa shape index (κ1) is 17.5. The van der Waals surface area contributed by atoms with E-state index in [0.717, 1.165) is 12.8 Å². The third-order valence-electron chi connectivity index (χ3n) is 4.43. The number of nitrogens with zero attached hydrogens (tertiary/aromatic N) is 1. The summed E-state index contributed by atoms with van der Waals surface area (Å²) in [6, 6.07) is 0.0983. The Morgan fingerprint density at radius 2 is 1.95 bits per heavy atom. The summed E-state index contributed by atoms with van der Waals surface area (Å²) in [7, 11) is 1.69. The Balaban J connectivity index is 1.86. The van der Waals surface area contributed by atoms with Gasteiger partial charge in [0, 0.05) is 35.6 Å². The van der Waals surface area contributed by atoms with E-state index in [-0.39, 0.29) is 41.9 Å². The minimum absolute atomic E-state index is 0.00935. The van der Waals surface area contributed by atoms with Gasteiger partial charge in [0.2, 0.25) is 15.0 Å². The number of rotatable bonds is 5. The first-order valence-electron chi connectivity index (χ1n) is 7.68. The van der Waals surface area contributed by atoms with Crippen molar-refractivity contribution in [3.05, 3.63) is 0 Å². The molecule has 1 aliphatic carbocycles. The SMILES string of the molecule is CCOC(=O)C1CCC(N2CC(CS(=O)(=O)Cl)CC2=O)CC1. The maximum absolute atomic E-state index is 12.1. The molecule has 0 aromatic rings. The molecular formula is C14H22ClNO5S. The van der Waals surface area contributed by atoms with Gasteiger partial charge in [-0.1, -0.05) is 0 Å². The van der Waals surface area contributed by atoms with E-state index >= 15 is 0 Å². The molecule has 0 bridgehead atoms. The number of halogens is 1. The number of esters is 1. The molecule has 0 aromatic heterocycles. The highest BCUT2D eigenvalue weighted by atomic mass is 35.7. The second-order valence-corrected chi connectivity index (χ2v) is 8.90. The van der Waals surface area contributed by atoms with Crippen molar-refractivity contribution in [3.63, 3.8) is 0 Å².